The molecule has 0 amide bonds. The minimum atomic E-state index is -0.298. The van der Waals surface area contributed by atoms with E-state index in [1.165, 1.54) is 10.4 Å². The van der Waals surface area contributed by atoms with Crippen molar-refractivity contribution in [2.45, 2.75) is 54.1 Å². The highest BCUT2D eigenvalue weighted by Gasteiger charge is 2.24. The van der Waals surface area contributed by atoms with Crippen molar-refractivity contribution in [3.63, 3.8) is 0 Å². The van der Waals surface area contributed by atoms with E-state index in [-0.39, 0.29) is 11.5 Å². The summed E-state index contributed by atoms with van der Waals surface area (Å²) < 4.78 is 0. The Morgan fingerprint density at radius 3 is 2.25 bits per heavy atom. The third-order valence-electron chi connectivity index (χ3n) is 3.44. The van der Waals surface area contributed by atoms with Crippen LogP contribution in [0.25, 0.3) is 0 Å². The largest absolute Gasteiger partial charge is 0.388 e. The minimum Gasteiger partial charge on any atom is -0.388 e. The molecule has 0 radical (unpaired) electrons. The third-order valence-corrected chi connectivity index (χ3v) is 4.69. The van der Waals surface area contributed by atoms with E-state index in [1.54, 1.807) is 11.3 Å². The van der Waals surface area contributed by atoms with E-state index >= 15 is 0 Å². The molecule has 2 heteroatoms. The van der Waals surface area contributed by atoms with E-state index in [0.29, 0.717) is 5.92 Å². The van der Waals surface area contributed by atoms with E-state index in [1.807, 2.05) is 0 Å². The predicted molar refractivity (Wildman–Crippen MR) is 72.0 cm³/mol. The smallest absolute Gasteiger partial charge is 0.0887 e. The average Bonchev–Trinajstić information content (AvgIpc) is 2.43. The lowest BCUT2D eigenvalue weighted by molar-refractivity contribution is 0.113. The van der Waals surface area contributed by atoms with E-state index in [4.69, 9.17) is 0 Å². The Labute approximate surface area is 104 Å². The molecule has 0 saturated carbocycles. The van der Waals surface area contributed by atoms with Crippen LogP contribution in [0.4, 0.5) is 0 Å². The van der Waals surface area contributed by atoms with Gasteiger partial charge in [-0.3, -0.25) is 0 Å². The van der Waals surface area contributed by atoms with Gasteiger partial charge in [0.05, 0.1) is 6.10 Å². The van der Waals surface area contributed by atoms with Crippen molar-refractivity contribution in [1.82, 2.24) is 0 Å². The van der Waals surface area contributed by atoms with Gasteiger partial charge in [-0.1, -0.05) is 27.7 Å². The predicted octanol–water partition coefficient (Wildman–Crippen LogP) is 4.47. The van der Waals surface area contributed by atoms with Gasteiger partial charge >= 0.3 is 0 Å². The van der Waals surface area contributed by atoms with E-state index in [2.05, 4.69) is 47.6 Å². The van der Waals surface area contributed by atoms with Crippen LogP contribution in [0.2, 0.25) is 0 Å². The van der Waals surface area contributed by atoms with Crippen molar-refractivity contribution in [1.29, 1.82) is 0 Å². The summed E-state index contributed by atoms with van der Waals surface area (Å²) in [6.45, 7) is 13.1. The van der Waals surface area contributed by atoms with Crippen LogP contribution in [-0.2, 0) is 0 Å². The van der Waals surface area contributed by atoms with Gasteiger partial charge in [0.25, 0.3) is 0 Å². The molecule has 0 spiro atoms. The van der Waals surface area contributed by atoms with Gasteiger partial charge in [-0.05, 0) is 43.2 Å². The first-order chi connectivity index (χ1) is 7.21. The Bertz CT molecular complexity index is 346. The summed E-state index contributed by atoms with van der Waals surface area (Å²) in [4.78, 5) is 2.43. The van der Waals surface area contributed by atoms with Gasteiger partial charge in [0.1, 0.15) is 0 Å². The highest BCUT2D eigenvalue weighted by Crippen LogP contribution is 2.36. The molecule has 0 fully saturated rings. The van der Waals surface area contributed by atoms with Crippen LogP contribution in [0.1, 0.15) is 55.5 Å². The summed E-state index contributed by atoms with van der Waals surface area (Å²) in [7, 11) is 0. The van der Waals surface area contributed by atoms with Crippen molar-refractivity contribution in [2.75, 3.05) is 0 Å². The van der Waals surface area contributed by atoms with Gasteiger partial charge in [0, 0.05) is 9.75 Å². The summed E-state index contributed by atoms with van der Waals surface area (Å²) in [5.41, 5.74) is 1.50. The maximum atomic E-state index is 10.3. The fraction of sp³-hybridized carbons (Fsp3) is 0.714. The number of hydrogen-bond acceptors (Lipinski definition) is 2. The van der Waals surface area contributed by atoms with Crippen molar-refractivity contribution in [3.05, 3.63) is 21.4 Å². The van der Waals surface area contributed by atoms with Crippen LogP contribution in [0, 0.1) is 25.2 Å². The molecule has 1 aromatic heterocycles. The zero-order valence-corrected chi connectivity index (χ0v) is 12.1. The van der Waals surface area contributed by atoms with Gasteiger partial charge in [0.15, 0.2) is 0 Å². The van der Waals surface area contributed by atoms with E-state index in [0.717, 1.165) is 11.3 Å². The molecule has 0 aliphatic rings. The molecule has 1 nitrogen and oxygen atoms in total. The molecule has 1 aromatic rings. The molecule has 1 heterocycles. The average molecular weight is 240 g/mol. The molecule has 1 N–H and O–H groups in total. The summed E-state index contributed by atoms with van der Waals surface area (Å²) in [5.74, 6) is 0.518. The van der Waals surface area contributed by atoms with Gasteiger partial charge in [-0.25, -0.2) is 0 Å². The molecular formula is C14H24OS. The van der Waals surface area contributed by atoms with Gasteiger partial charge in [-0.15, -0.1) is 11.3 Å². The van der Waals surface area contributed by atoms with E-state index < -0.39 is 0 Å². The summed E-state index contributed by atoms with van der Waals surface area (Å²) in [6, 6.07) is 2.16. The van der Waals surface area contributed by atoms with Gasteiger partial charge < -0.3 is 5.11 Å². The molecule has 1 rings (SSSR count). The monoisotopic (exact) mass is 240 g/mol. The molecule has 0 aromatic carbocycles. The van der Waals surface area contributed by atoms with Crippen LogP contribution < -0.4 is 0 Å². The summed E-state index contributed by atoms with van der Waals surface area (Å²) in [6.07, 6.45) is 0.553. The third kappa shape index (κ3) is 3.33. The van der Waals surface area contributed by atoms with Crippen molar-refractivity contribution in [2.24, 2.45) is 11.3 Å². The van der Waals surface area contributed by atoms with Crippen LogP contribution in [0.15, 0.2) is 6.07 Å². The van der Waals surface area contributed by atoms with E-state index in [9.17, 15) is 5.11 Å². The summed E-state index contributed by atoms with van der Waals surface area (Å²) >= 11 is 1.73. The molecule has 2 unspecified atom stereocenters. The van der Waals surface area contributed by atoms with Gasteiger partial charge in [0.2, 0.25) is 0 Å². The Kier molecular flexibility index (Phi) is 4.19. The van der Waals surface area contributed by atoms with Crippen LogP contribution in [0.3, 0.4) is 0 Å². The first-order valence-electron chi connectivity index (χ1n) is 5.96. The number of aryl methyl sites for hydroxylation is 2. The van der Waals surface area contributed by atoms with Crippen molar-refractivity contribution >= 4 is 11.3 Å². The summed E-state index contributed by atoms with van der Waals surface area (Å²) in [5, 5.41) is 10.3. The molecule has 0 saturated heterocycles. The molecule has 0 aliphatic heterocycles. The fourth-order valence-electron chi connectivity index (χ4n) is 1.79. The zero-order chi connectivity index (χ0) is 12.5. The Balaban J connectivity index is 2.73. The lowest BCUT2D eigenvalue weighted by atomic mass is 9.78. The highest BCUT2D eigenvalue weighted by molar-refractivity contribution is 7.12. The maximum absolute atomic E-state index is 10.3. The van der Waals surface area contributed by atoms with Crippen LogP contribution in [-0.4, -0.2) is 5.11 Å². The first kappa shape index (κ1) is 13.7. The zero-order valence-electron chi connectivity index (χ0n) is 11.3. The molecule has 0 bridgehead atoms. The molecule has 16 heavy (non-hydrogen) atoms. The molecular weight excluding hydrogens is 216 g/mol. The Morgan fingerprint density at radius 2 is 1.88 bits per heavy atom. The van der Waals surface area contributed by atoms with Crippen molar-refractivity contribution < 1.29 is 5.11 Å². The molecule has 2 atom stereocenters. The van der Waals surface area contributed by atoms with Gasteiger partial charge in [-0.2, -0.15) is 0 Å². The van der Waals surface area contributed by atoms with Crippen LogP contribution >= 0.6 is 11.3 Å². The number of hydrogen-bond donors (Lipinski definition) is 1. The number of aliphatic hydroxyl groups is 1. The second-order valence-electron chi connectivity index (χ2n) is 5.92. The first-order valence-corrected chi connectivity index (χ1v) is 6.78. The molecule has 92 valence electrons. The second kappa shape index (κ2) is 4.89. The normalized spacial score (nSPS) is 16.2. The lowest BCUT2D eigenvalue weighted by Crippen LogP contribution is -2.19. The number of aliphatic hydroxyl groups excluding tert-OH is 1. The minimum absolute atomic E-state index is 0.265. The quantitative estimate of drug-likeness (QED) is 0.826. The number of thiophene rings is 1. The topological polar surface area (TPSA) is 20.2 Å². The highest BCUT2D eigenvalue weighted by atomic mass is 32.1. The van der Waals surface area contributed by atoms with Crippen LogP contribution in [0.5, 0.6) is 0 Å². The standard InChI is InChI=1S/C14H24OS/c1-9-7-11(3)16-13(9)12(15)8-10(2)14(4,5)6/h7,10,12,15H,8H2,1-6H3. The van der Waals surface area contributed by atoms with Crippen molar-refractivity contribution in [3.8, 4) is 0 Å². The Hall–Kier alpha value is -0.340. The maximum Gasteiger partial charge on any atom is 0.0887 e. The lowest BCUT2D eigenvalue weighted by Gasteiger charge is -2.29. The Morgan fingerprint density at radius 1 is 1.31 bits per heavy atom. The second-order valence-corrected chi connectivity index (χ2v) is 7.21. The fourth-order valence-corrected chi connectivity index (χ4v) is 2.82. The SMILES string of the molecule is Cc1cc(C)c(C(O)CC(C)C(C)(C)C)s1. The number of rotatable bonds is 3. The molecule has 0 aliphatic carbocycles.